The van der Waals surface area contributed by atoms with E-state index in [0.717, 1.165) is 17.9 Å². The zero-order valence-electron chi connectivity index (χ0n) is 10.5. The molecule has 0 bridgehead atoms. The summed E-state index contributed by atoms with van der Waals surface area (Å²) in [5.41, 5.74) is 1.19. The molecule has 0 fully saturated rings. The van der Waals surface area contributed by atoms with Gasteiger partial charge in [0.05, 0.1) is 5.02 Å². The molecule has 2 rings (SSSR count). The second-order valence-electron chi connectivity index (χ2n) is 5.21. The van der Waals surface area contributed by atoms with Gasteiger partial charge >= 0.3 is 0 Å². The van der Waals surface area contributed by atoms with E-state index in [-0.39, 0.29) is 5.54 Å². The average Bonchev–Trinajstić information content (AvgIpc) is 2.26. The van der Waals surface area contributed by atoms with Gasteiger partial charge in [0.15, 0.2) is 11.5 Å². The van der Waals surface area contributed by atoms with Crippen LogP contribution < -0.4 is 14.8 Å². The van der Waals surface area contributed by atoms with Gasteiger partial charge < -0.3 is 14.8 Å². The van der Waals surface area contributed by atoms with Crippen LogP contribution in [0.3, 0.4) is 0 Å². The summed E-state index contributed by atoms with van der Waals surface area (Å²) < 4.78 is 11.0. The van der Waals surface area contributed by atoms with Gasteiger partial charge in [-0.2, -0.15) is 0 Å². The summed E-state index contributed by atoms with van der Waals surface area (Å²) in [7, 11) is 0. The van der Waals surface area contributed by atoms with E-state index in [0.29, 0.717) is 24.0 Å². The third-order valence-corrected chi connectivity index (χ3v) is 2.76. The molecular weight excluding hydrogens is 238 g/mol. The highest BCUT2D eigenvalue weighted by atomic mass is 35.5. The summed E-state index contributed by atoms with van der Waals surface area (Å²) in [6.45, 7) is 8.30. The maximum Gasteiger partial charge on any atom is 0.179 e. The van der Waals surface area contributed by atoms with Crippen LogP contribution in [0, 0.1) is 0 Å². The van der Waals surface area contributed by atoms with Crippen LogP contribution in [0.5, 0.6) is 11.5 Å². The molecule has 1 aliphatic heterocycles. The van der Waals surface area contributed by atoms with Gasteiger partial charge in [-0.05, 0) is 38.5 Å². The van der Waals surface area contributed by atoms with E-state index >= 15 is 0 Å². The van der Waals surface area contributed by atoms with Gasteiger partial charge in [-0.25, -0.2) is 0 Å². The van der Waals surface area contributed by atoms with E-state index in [1.807, 2.05) is 12.1 Å². The predicted octanol–water partition coefficient (Wildman–Crippen LogP) is 3.00. The van der Waals surface area contributed by atoms with Crippen molar-refractivity contribution < 1.29 is 9.47 Å². The number of rotatable bonds is 2. The van der Waals surface area contributed by atoms with Crippen molar-refractivity contribution in [2.45, 2.75) is 32.9 Å². The van der Waals surface area contributed by atoms with E-state index in [1.54, 1.807) is 0 Å². The number of fused-ring (bicyclic) bond motifs is 1. The maximum atomic E-state index is 6.16. The molecule has 4 heteroatoms. The van der Waals surface area contributed by atoms with Gasteiger partial charge in [-0.1, -0.05) is 11.6 Å². The molecule has 17 heavy (non-hydrogen) atoms. The van der Waals surface area contributed by atoms with Gasteiger partial charge in [0.2, 0.25) is 0 Å². The normalized spacial score (nSPS) is 14.8. The number of nitrogens with one attached hydrogen (secondary N) is 1. The van der Waals surface area contributed by atoms with Crippen LogP contribution in [0.4, 0.5) is 0 Å². The predicted molar refractivity (Wildman–Crippen MR) is 69.0 cm³/mol. The third-order valence-electron chi connectivity index (χ3n) is 2.48. The lowest BCUT2D eigenvalue weighted by Crippen LogP contribution is -2.35. The monoisotopic (exact) mass is 255 g/mol. The van der Waals surface area contributed by atoms with Gasteiger partial charge in [0.25, 0.3) is 0 Å². The number of benzene rings is 1. The Hall–Kier alpha value is -0.930. The first-order valence-electron chi connectivity index (χ1n) is 5.79. The Morgan fingerprint density at radius 1 is 1.24 bits per heavy atom. The topological polar surface area (TPSA) is 30.5 Å². The van der Waals surface area contributed by atoms with Gasteiger partial charge in [-0.15, -0.1) is 0 Å². The van der Waals surface area contributed by atoms with Crippen molar-refractivity contribution in [3.8, 4) is 11.5 Å². The van der Waals surface area contributed by atoms with Crippen LogP contribution in [-0.4, -0.2) is 18.8 Å². The largest absolute Gasteiger partial charge is 0.486 e. The zero-order chi connectivity index (χ0) is 12.5. The minimum absolute atomic E-state index is 0.0831. The SMILES string of the molecule is CC(C)(C)NCc1cc(Cl)c2c(c1)OCCO2. The van der Waals surface area contributed by atoms with Crippen molar-refractivity contribution in [2.24, 2.45) is 0 Å². The van der Waals surface area contributed by atoms with Crippen LogP contribution >= 0.6 is 11.6 Å². The molecule has 1 N–H and O–H groups in total. The summed E-state index contributed by atoms with van der Waals surface area (Å²) in [4.78, 5) is 0. The van der Waals surface area contributed by atoms with Crippen molar-refractivity contribution in [1.82, 2.24) is 5.32 Å². The number of hydrogen-bond donors (Lipinski definition) is 1. The average molecular weight is 256 g/mol. The molecule has 0 amide bonds. The molecule has 0 radical (unpaired) electrons. The Morgan fingerprint density at radius 2 is 1.94 bits per heavy atom. The van der Waals surface area contributed by atoms with Crippen molar-refractivity contribution in [3.05, 3.63) is 22.7 Å². The van der Waals surface area contributed by atoms with E-state index in [1.165, 1.54) is 0 Å². The second kappa shape index (κ2) is 4.75. The fourth-order valence-corrected chi connectivity index (χ4v) is 1.92. The van der Waals surface area contributed by atoms with Crippen LogP contribution in [0.2, 0.25) is 5.02 Å². The Labute approximate surface area is 107 Å². The van der Waals surface area contributed by atoms with Crippen molar-refractivity contribution in [1.29, 1.82) is 0 Å². The summed E-state index contributed by atoms with van der Waals surface area (Å²) >= 11 is 6.16. The van der Waals surface area contributed by atoms with Crippen molar-refractivity contribution >= 4 is 11.6 Å². The molecule has 1 aromatic rings. The molecule has 0 aromatic heterocycles. The molecule has 1 heterocycles. The molecule has 0 unspecified atom stereocenters. The van der Waals surface area contributed by atoms with Gasteiger partial charge in [0, 0.05) is 12.1 Å². The number of halogens is 1. The lowest BCUT2D eigenvalue weighted by molar-refractivity contribution is 0.171. The Kier molecular flexibility index (Phi) is 3.50. The molecule has 0 saturated heterocycles. The van der Waals surface area contributed by atoms with Gasteiger partial charge in [0.1, 0.15) is 13.2 Å². The molecule has 0 atom stereocenters. The molecule has 94 valence electrons. The highest BCUT2D eigenvalue weighted by Crippen LogP contribution is 2.38. The van der Waals surface area contributed by atoms with E-state index in [4.69, 9.17) is 21.1 Å². The van der Waals surface area contributed by atoms with Crippen LogP contribution in [-0.2, 0) is 6.54 Å². The number of hydrogen-bond acceptors (Lipinski definition) is 3. The Balaban J connectivity index is 2.16. The summed E-state index contributed by atoms with van der Waals surface area (Å²) in [5, 5.41) is 4.04. The van der Waals surface area contributed by atoms with Crippen molar-refractivity contribution in [2.75, 3.05) is 13.2 Å². The third kappa shape index (κ3) is 3.27. The molecular formula is C13H18ClNO2. The van der Waals surface area contributed by atoms with Crippen LogP contribution in [0.1, 0.15) is 26.3 Å². The van der Waals surface area contributed by atoms with Crippen LogP contribution in [0.25, 0.3) is 0 Å². The first-order chi connectivity index (χ1) is 7.96. The fraction of sp³-hybridized carbons (Fsp3) is 0.538. The highest BCUT2D eigenvalue weighted by molar-refractivity contribution is 6.32. The second-order valence-corrected chi connectivity index (χ2v) is 5.61. The van der Waals surface area contributed by atoms with E-state index in [9.17, 15) is 0 Å². The van der Waals surface area contributed by atoms with E-state index in [2.05, 4.69) is 26.1 Å². The minimum Gasteiger partial charge on any atom is -0.486 e. The minimum atomic E-state index is 0.0831. The summed E-state index contributed by atoms with van der Waals surface area (Å²) in [6, 6.07) is 3.91. The Bertz CT molecular complexity index is 413. The maximum absolute atomic E-state index is 6.16. The standard InChI is InChI=1S/C13H18ClNO2/c1-13(2,3)15-8-9-6-10(14)12-11(7-9)16-4-5-17-12/h6-7,15H,4-5,8H2,1-3H3. The molecule has 0 saturated carbocycles. The molecule has 0 aliphatic carbocycles. The number of ether oxygens (including phenoxy) is 2. The zero-order valence-corrected chi connectivity index (χ0v) is 11.2. The lowest BCUT2D eigenvalue weighted by Gasteiger charge is -2.23. The molecule has 3 nitrogen and oxygen atoms in total. The lowest BCUT2D eigenvalue weighted by atomic mass is 10.1. The molecule has 1 aliphatic rings. The Morgan fingerprint density at radius 3 is 2.65 bits per heavy atom. The summed E-state index contributed by atoms with van der Waals surface area (Å²) in [5.74, 6) is 1.41. The fourth-order valence-electron chi connectivity index (χ4n) is 1.63. The molecule has 1 aromatic carbocycles. The van der Waals surface area contributed by atoms with Crippen LogP contribution in [0.15, 0.2) is 12.1 Å². The molecule has 0 spiro atoms. The first kappa shape index (κ1) is 12.5. The summed E-state index contributed by atoms with van der Waals surface area (Å²) in [6.07, 6.45) is 0. The highest BCUT2D eigenvalue weighted by Gasteiger charge is 2.17. The van der Waals surface area contributed by atoms with E-state index < -0.39 is 0 Å². The van der Waals surface area contributed by atoms with Crippen molar-refractivity contribution in [3.63, 3.8) is 0 Å². The van der Waals surface area contributed by atoms with Gasteiger partial charge in [-0.3, -0.25) is 0 Å². The quantitative estimate of drug-likeness (QED) is 0.881. The smallest absolute Gasteiger partial charge is 0.179 e. The first-order valence-corrected chi connectivity index (χ1v) is 6.16.